The lowest BCUT2D eigenvalue weighted by Gasteiger charge is -1.98. The summed E-state index contributed by atoms with van der Waals surface area (Å²) in [4.78, 5) is 8.55. The van der Waals surface area contributed by atoms with Gasteiger partial charge in [0, 0.05) is 22.8 Å². The Bertz CT molecular complexity index is 425. The molecule has 0 bridgehead atoms. The van der Waals surface area contributed by atoms with E-state index >= 15 is 0 Å². The van der Waals surface area contributed by atoms with Gasteiger partial charge in [0.1, 0.15) is 0 Å². The Balaban J connectivity index is 2.52. The summed E-state index contributed by atoms with van der Waals surface area (Å²) in [6.45, 7) is 1.99. The fourth-order valence-corrected chi connectivity index (χ4v) is 2.14. The van der Waals surface area contributed by atoms with Crippen molar-refractivity contribution in [3.63, 3.8) is 0 Å². The van der Waals surface area contributed by atoms with Crippen LogP contribution in [-0.2, 0) is 0 Å². The molecule has 2 nitrogen and oxygen atoms in total. The van der Waals surface area contributed by atoms with Crippen molar-refractivity contribution in [1.82, 2.24) is 9.97 Å². The zero-order valence-corrected chi connectivity index (χ0v) is 9.39. The summed E-state index contributed by atoms with van der Waals surface area (Å²) in [6.07, 6.45) is 1.79. The van der Waals surface area contributed by atoms with Crippen LogP contribution in [0.5, 0.6) is 0 Å². The third kappa shape index (κ3) is 1.78. The molecule has 2 heterocycles. The predicted molar refractivity (Wildman–Crippen MR) is 57.8 cm³/mol. The predicted octanol–water partition coefficient (Wildman–Crippen LogP) is 3.28. The fraction of sp³-hybridized carbons (Fsp3) is 0.111. The molecule has 0 atom stereocenters. The minimum Gasteiger partial charge on any atom is -0.261 e. The van der Waals surface area contributed by atoms with Crippen molar-refractivity contribution in [2.75, 3.05) is 0 Å². The molecule has 0 aliphatic carbocycles. The number of halogens is 1. The summed E-state index contributed by atoms with van der Waals surface area (Å²) in [5.74, 6) is 0. The summed E-state index contributed by atoms with van der Waals surface area (Å²) in [6, 6.07) is 3.96. The number of aromatic nitrogens is 2. The molecule has 13 heavy (non-hydrogen) atoms. The Labute approximate surface area is 88.8 Å². The van der Waals surface area contributed by atoms with E-state index in [-0.39, 0.29) is 0 Å². The van der Waals surface area contributed by atoms with Gasteiger partial charge in [0.25, 0.3) is 0 Å². The molecule has 66 valence electrons. The number of rotatable bonds is 1. The maximum atomic E-state index is 4.34. The van der Waals surface area contributed by atoms with E-state index < -0.39 is 0 Å². The molecule has 2 rings (SSSR count). The Morgan fingerprint density at radius 1 is 1.46 bits per heavy atom. The second-order valence-corrected chi connectivity index (χ2v) is 4.76. The van der Waals surface area contributed by atoms with E-state index in [0.717, 1.165) is 20.9 Å². The van der Waals surface area contributed by atoms with Crippen LogP contribution >= 0.6 is 27.3 Å². The first kappa shape index (κ1) is 8.84. The lowest BCUT2D eigenvalue weighted by atomic mass is 10.1. The van der Waals surface area contributed by atoms with Crippen LogP contribution in [-0.4, -0.2) is 9.97 Å². The van der Waals surface area contributed by atoms with Crippen molar-refractivity contribution in [3.05, 3.63) is 33.3 Å². The van der Waals surface area contributed by atoms with Crippen molar-refractivity contribution in [1.29, 1.82) is 0 Å². The molecule has 2 aromatic rings. The molecule has 0 saturated heterocycles. The van der Waals surface area contributed by atoms with Gasteiger partial charge in [-0.1, -0.05) is 0 Å². The highest BCUT2D eigenvalue weighted by molar-refractivity contribution is 9.11. The number of thiazole rings is 1. The Hall–Kier alpha value is -0.740. The third-order valence-electron chi connectivity index (χ3n) is 1.76. The quantitative estimate of drug-likeness (QED) is 0.781. The van der Waals surface area contributed by atoms with Crippen LogP contribution in [0.4, 0.5) is 0 Å². The Kier molecular flexibility index (Phi) is 2.42. The van der Waals surface area contributed by atoms with Gasteiger partial charge in [-0.05, 0) is 35.0 Å². The molecule has 0 radical (unpaired) electrons. The van der Waals surface area contributed by atoms with Gasteiger partial charge in [-0.3, -0.25) is 4.98 Å². The molecule has 0 unspecified atom stereocenters. The molecule has 0 N–H and O–H groups in total. The van der Waals surface area contributed by atoms with Gasteiger partial charge in [-0.25, -0.2) is 4.98 Å². The minimum absolute atomic E-state index is 0.908. The van der Waals surface area contributed by atoms with Gasteiger partial charge >= 0.3 is 0 Å². The first-order valence-corrected chi connectivity index (χ1v) is 5.47. The van der Waals surface area contributed by atoms with E-state index in [0.29, 0.717) is 0 Å². The van der Waals surface area contributed by atoms with Gasteiger partial charge in [0.05, 0.1) is 5.69 Å². The zero-order valence-electron chi connectivity index (χ0n) is 6.99. The number of hydrogen-bond acceptors (Lipinski definition) is 3. The molecule has 4 heteroatoms. The molecule has 0 aliphatic heterocycles. The summed E-state index contributed by atoms with van der Waals surface area (Å²) >= 11 is 4.93. The van der Waals surface area contributed by atoms with Crippen LogP contribution in [0.3, 0.4) is 0 Å². The second-order valence-electron chi connectivity index (χ2n) is 2.62. The van der Waals surface area contributed by atoms with Crippen LogP contribution in [0.25, 0.3) is 11.3 Å². The monoisotopic (exact) mass is 254 g/mol. The molecule has 0 aromatic carbocycles. The zero-order chi connectivity index (χ0) is 9.26. The van der Waals surface area contributed by atoms with Crippen molar-refractivity contribution < 1.29 is 0 Å². The smallest absolute Gasteiger partial charge is 0.159 e. The lowest BCUT2D eigenvalue weighted by Crippen LogP contribution is -1.85. The molecule has 2 aromatic heterocycles. The van der Waals surface area contributed by atoms with E-state index in [9.17, 15) is 0 Å². The summed E-state index contributed by atoms with van der Waals surface area (Å²) in [5.41, 5.74) is 3.10. The normalized spacial score (nSPS) is 10.3. The van der Waals surface area contributed by atoms with Crippen LogP contribution in [0, 0.1) is 6.92 Å². The van der Waals surface area contributed by atoms with E-state index in [4.69, 9.17) is 0 Å². The third-order valence-corrected chi connectivity index (χ3v) is 3.12. The van der Waals surface area contributed by atoms with Crippen molar-refractivity contribution in [2.24, 2.45) is 0 Å². The van der Waals surface area contributed by atoms with Gasteiger partial charge in [-0.15, -0.1) is 11.3 Å². The number of pyridine rings is 1. The summed E-state index contributed by atoms with van der Waals surface area (Å²) < 4.78 is 0.908. The van der Waals surface area contributed by atoms with E-state index in [1.165, 1.54) is 0 Å². The van der Waals surface area contributed by atoms with Crippen LogP contribution < -0.4 is 0 Å². The molecular weight excluding hydrogens is 248 g/mol. The summed E-state index contributed by atoms with van der Waals surface area (Å²) in [5, 5.41) is 2.02. The molecule has 0 spiro atoms. The lowest BCUT2D eigenvalue weighted by molar-refractivity contribution is 1.19. The van der Waals surface area contributed by atoms with Gasteiger partial charge < -0.3 is 0 Å². The second kappa shape index (κ2) is 3.55. The first-order chi connectivity index (χ1) is 6.27. The summed E-state index contributed by atoms with van der Waals surface area (Å²) in [7, 11) is 0. The maximum absolute atomic E-state index is 4.34. The Morgan fingerprint density at radius 3 is 2.92 bits per heavy atom. The number of aryl methyl sites for hydroxylation is 1. The number of hydrogen-bond donors (Lipinski definition) is 0. The SMILES string of the molecule is Cc1ncccc1-c1csc(Br)n1. The molecule has 0 fully saturated rings. The van der Waals surface area contributed by atoms with Gasteiger partial charge in [0.15, 0.2) is 3.92 Å². The standard InChI is InChI=1S/C9H7BrN2S/c1-6-7(3-2-4-11-6)8-5-13-9(10)12-8/h2-5H,1H3. The van der Waals surface area contributed by atoms with E-state index in [1.54, 1.807) is 17.5 Å². The van der Waals surface area contributed by atoms with Crippen LogP contribution in [0.1, 0.15) is 5.69 Å². The van der Waals surface area contributed by atoms with E-state index in [1.807, 2.05) is 24.4 Å². The van der Waals surface area contributed by atoms with Gasteiger partial charge in [0.2, 0.25) is 0 Å². The average Bonchev–Trinajstić information content (AvgIpc) is 2.53. The topological polar surface area (TPSA) is 25.8 Å². The van der Waals surface area contributed by atoms with Crippen LogP contribution in [0.2, 0.25) is 0 Å². The largest absolute Gasteiger partial charge is 0.261 e. The first-order valence-electron chi connectivity index (χ1n) is 3.80. The highest BCUT2D eigenvalue weighted by atomic mass is 79.9. The van der Waals surface area contributed by atoms with Crippen molar-refractivity contribution in [2.45, 2.75) is 6.92 Å². The Morgan fingerprint density at radius 2 is 2.31 bits per heavy atom. The van der Waals surface area contributed by atoms with Gasteiger partial charge in [-0.2, -0.15) is 0 Å². The minimum atomic E-state index is 0.908. The highest BCUT2D eigenvalue weighted by Gasteiger charge is 2.05. The fourth-order valence-electron chi connectivity index (χ4n) is 1.13. The highest BCUT2D eigenvalue weighted by Crippen LogP contribution is 2.25. The average molecular weight is 255 g/mol. The molecular formula is C9H7BrN2S. The molecule has 0 aliphatic rings. The maximum Gasteiger partial charge on any atom is 0.159 e. The van der Waals surface area contributed by atoms with Crippen molar-refractivity contribution >= 4 is 27.3 Å². The van der Waals surface area contributed by atoms with Crippen molar-refractivity contribution in [3.8, 4) is 11.3 Å². The van der Waals surface area contributed by atoms with E-state index in [2.05, 4.69) is 25.9 Å². The van der Waals surface area contributed by atoms with Crippen LogP contribution in [0.15, 0.2) is 27.6 Å². The number of nitrogens with zero attached hydrogens (tertiary/aromatic N) is 2. The molecule has 0 amide bonds. The molecule has 0 saturated carbocycles.